The molecule has 13 heteroatoms. The zero-order chi connectivity index (χ0) is 30.7. The Balaban J connectivity index is 2.06. The zero-order valence-electron chi connectivity index (χ0n) is 24.1. The predicted molar refractivity (Wildman–Crippen MR) is 157 cm³/mol. The second-order valence-electron chi connectivity index (χ2n) is 11.0. The van der Waals surface area contributed by atoms with E-state index in [1.165, 1.54) is 0 Å². The van der Waals surface area contributed by atoms with Crippen LogP contribution in [0.5, 0.6) is 0 Å². The number of benzene rings is 1. The summed E-state index contributed by atoms with van der Waals surface area (Å²) in [5.74, 6) is -3.47. The molecular formula is C28H44N8O5. The maximum absolute atomic E-state index is 13.3. The molecular weight excluding hydrogens is 528 g/mol. The van der Waals surface area contributed by atoms with E-state index in [1.807, 2.05) is 44.3 Å². The third-order valence-corrected chi connectivity index (χ3v) is 6.64. The molecule has 3 amide bonds. The minimum atomic E-state index is -1.22. The highest BCUT2D eigenvalue weighted by atomic mass is 16.4. The van der Waals surface area contributed by atoms with Crippen molar-refractivity contribution < 1.29 is 24.3 Å². The number of aliphatic carboxylic acids is 1. The van der Waals surface area contributed by atoms with Crippen LogP contribution in [0, 0.1) is 17.2 Å². The van der Waals surface area contributed by atoms with Gasteiger partial charge >= 0.3 is 5.97 Å². The van der Waals surface area contributed by atoms with Gasteiger partial charge in [0.15, 0.2) is 5.96 Å². The van der Waals surface area contributed by atoms with Crippen LogP contribution in [0.25, 0.3) is 10.9 Å². The first-order valence-corrected chi connectivity index (χ1v) is 13.8. The normalized spacial score (nSPS) is 14.2. The molecule has 0 radical (unpaired) electrons. The van der Waals surface area contributed by atoms with Gasteiger partial charge in [0.05, 0.1) is 6.04 Å². The first-order chi connectivity index (χ1) is 19.3. The Kier molecular flexibility index (Phi) is 12.6. The molecule has 41 heavy (non-hydrogen) atoms. The fourth-order valence-corrected chi connectivity index (χ4v) is 4.45. The lowest BCUT2D eigenvalue weighted by Crippen LogP contribution is -2.58. The molecule has 0 saturated heterocycles. The van der Waals surface area contributed by atoms with Crippen molar-refractivity contribution in [3.8, 4) is 0 Å². The van der Waals surface area contributed by atoms with Crippen LogP contribution in [0.4, 0.5) is 0 Å². The number of para-hydroxylation sites is 1. The van der Waals surface area contributed by atoms with Crippen LogP contribution >= 0.6 is 0 Å². The van der Waals surface area contributed by atoms with Crippen LogP contribution in [0.2, 0.25) is 0 Å². The van der Waals surface area contributed by atoms with Crippen molar-refractivity contribution in [2.75, 3.05) is 6.54 Å². The van der Waals surface area contributed by atoms with Crippen molar-refractivity contribution in [2.45, 2.75) is 77.5 Å². The number of carboxylic acid groups (broad SMARTS) is 1. The number of guanidine groups is 1. The van der Waals surface area contributed by atoms with E-state index in [0.717, 1.165) is 16.5 Å². The Morgan fingerprint density at radius 2 is 1.63 bits per heavy atom. The van der Waals surface area contributed by atoms with E-state index in [0.29, 0.717) is 12.8 Å². The minimum absolute atomic E-state index is 0.0437. The summed E-state index contributed by atoms with van der Waals surface area (Å²) in [6.45, 7) is 7.54. The fourth-order valence-electron chi connectivity index (χ4n) is 4.45. The molecule has 2 aromatic rings. The maximum Gasteiger partial charge on any atom is 0.326 e. The van der Waals surface area contributed by atoms with Crippen molar-refractivity contribution in [3.05, 3.63) is 36.0 Å². The summed E-state index contributed by atoms with van der Waals surface area (Å²) in [6, 6.07) is 3.60. The van der Waals surface area contributed by atoms with Crippen LogP contribution in [0.15, 0.2) is 30.5 Å². The molecule has 1 aromatic carbocycles. The summed E-state index contributed by atoms with van der Waals surface area (Å²) < 4.78 is 0. The Hall–Kier alpha value is -4.13. The highest BCUT2D eigenvalue weighted by Gasteiger charge is 2.32. The number of carbonyl (C=O) groups is 4. The molecule has 2 rings (SSSR count). The van der Waals surface area contributed by atoms with Gasteiger partial charge in [0, 0.05) is 23.6 Å². The van der Waals surface area contributed by atoms with Gasteiger partial charge in [-0.3, -0.25) is 19.8 Å². The highest BCUT2D eigenvalue weighted by Crippen LogP contribution is 2.19. The molecule has 13 nitrogen and oxygen atoms in total. The summed E-state index contributed by atoms with van der Waals surface area (Å²) in [6.07, 6.45) is 2.83. The van der Waals surface area contributed by atoms with E-state index in [-0.39, 0.29) is 37.2 Å². The third kappa shape index (κ3) is 10.4. The zero-order valence-corrected chi connectivity index (χ0v) is 24.1. The number of carboxylic acids is 1. The molecule has 0 aliphatic rings. The van der Waals surface area contributed by atoms with Crippen LogP contribution in [0.3, 0.4) is 0 Å². The Morgan fingerprint density at radius 1 is 0.976 bits per heavy atom. The molecule has 1 aromatic heterocycles. The van der Waals surface area contributed by atoms with Crippen LogP contribution in [-0.4, -0.2) is 70.5 Å². The van der Waals surface area contributed by atoms with E-state index >= 15 is 0 Å². The van der Waals surface area contributed by atoms with Crippen LogP contribution in [0.1, 0.15) is 52.5 Å². The number of hydrogen-bond donors (Lipinski definition) is 9. The van der Waals surface area contributed by atoms with Crippen molar-refractivity contribution in [2.24, 2.45) is 23.3 Å². The SMILES string of the molecule is CC(C)C[C@H](NC(=O)[C@@H](N)Cc1c[nH]c2ccccc12)C(=O)N[C@H](C(=O)N[C@@H](CCCNC(=N)N)C(=O)O)C(C)C. The first kappa shape index (κ1) is 33.1. The van der Waals surface area contributed by atoms with E-state index in [2.05, 4.69) is 26.3 Å². The lowest BCUT2D eigenvalue weighted by atomic mass is 9.98. The molecule has 0 bridgehead atoms. The smallest absolute Gasteiger partial charge is 0.326 e. The summed E-state index contributed by atoms with van der Waals surface area (Å²) in [4.78, 5) is 54.3. The lowest BCUT2D eigenvalue weighted by Gasteiger charge is -2.27. The minimum Gasteiger partial charge on any atom is -0.480 e. The fraction of sp³-hybridized carbons (Fsp3) is 0.536. The Morgan fingerprint density at radius 3 is 2.24 bits per heavy atom. The van der Waals surface area contributed by atoms with Gasteiger partial charge in [-0.1, -0.05) is 45.9 Å². The lowest BCUT2D eigenvalue weighted by molar-refractivity contribution is -0.142. The molecule has 226 valence electrons. The van der Waals surface area contributed by atoms with Crippen LogP contribution in [-0.2, 0) is 25.6 Å². The van der Waals surface area contributed by atoms with Gasteiger partial charge in [-0.15, -0.1) is 0 Å². The molecule has 0 spiro atoms. The number of aromatic nitrogens is 1. The number of aromatic amines is 1. The summed E-state index contributed by atoms with van der Waals surface area (Å²) in [5, 5.41) is 28.2. The number of H-pyrrole nitrogens is 1. The van der Waals surface area contributed by atoms with Crippen molar-refractivity contribution in [3.63, 3.8) is 0 Å². The monoisotopic (exact) mass is 572 g/mol. The first-order valence-electron chi connectivity index (χ1n) is 13.8. The summed E-state index contributed by atoms with van der Waals surface area (Å²) >= 11 is 0. The molecule has 0 fully saturated rings. The van der Waals surface area contributed by atoms with E-state index in [4.69, 9.17) is 16.9 Å². The molecule has 4 atom stereocenters. The van der Waals surface area contributed by atoms with Gasteiger partial charge < -0.3 is 42.8 Å². The number of hydrogen-bond acceptors (Lipinski definition) is 6. The second-order valence-corrected chi connectivity index (χ2v) is 11.0. The van der Waals surface area contributed by atoms with Crippen molar-refractivity contribution >= 4 is 40.6 Å². The number of nitrogens with one attached hydrogen (secondary N) is 6. The summed E-state index contributed by atoms with van der Waals surface area (Å²) in [5.41, 5.74) is 13.3. The predicted octanol–water partition coefficient (Wildman–Crippen LogP) is 0.542. The Labute approximate surface area is 240 Å². The van der Waals surface area contributed by atoms with E-state index in [1.54, 1.807) is 13.8 Å². The number of nitrogens with two attached hydrogens (primary N) is 2. The standard InChI is InChI=1S/C28H44N8O5/c1-15(2)12-22(35-24(37)19(29)13-17-14-33-20-9-6-5-8-18(17)20)25(38)36-23(16(3)4)26(39)34-21(27(40)41)10-7-11-32-28(30)31/h5-6,8-9,14-16,19,21-23,33H,7,10-13,29H2,1-4H3,(H,34,39)(H,35,37)(H,36,38)(H,40,41)(H4,30,31,32)/t19-,21-,22-,23-/m0/s1. The topological polar surface area (TPSA) is 228 Å². The maximum atomic E-state index is 13.3. The molecule has 1 heterocycles. The number of amides is 3. The van der Waals surface area contributed by atoms with E-state index in [9.17, 15) is 24.3 Å². The largest absolute Gasteiger partial charge is 0.480 e. The average Bonchev–Trinajstić information content (AvgIpc) is 3.30. The highest BCUT2D eigenvalue weighted by molar-refractivity contribution is 5.94. The molecule has 0 unspecified atom stereocenters. The number of fused-ring (bicyclic) bond motifs is 1. The van der Waals surface area contributed by atoms with Gasteiger partial charge in [0.1, 0.15) is 18.1 Å². The van der Waals surface area contributed by atoms with E-state index < -0.39 is 47.9 Å². The average molecular weight is 573 g/mol. The molecule has 0 saturated carbocycles. The quantitative estimate of drug-likeness (QED) is 0.0781. The number of carbonyl (C=O) groups excluding carboxylic acids is 3. The van der Waals surface area contributed by atoms with Gasteiger partial charge in [-0.2, -0.15) is 0 Å². The van der Waals surface area contributed by atoms with Gasteiger partial charge in [0.2, 0.25) is 17.7 Å². The molecule has 0 aliphatic carbocycles. The molecule has 11 N–H and O–H groups in total. The van der Waals surface area contributed by atoms with Crippen molar-refractivity contribution in [1.82, 2.24) is 26.3 Å². The number of rotatable bonds is 16. The summed E-state index contributed by atoms with van der Waals surface area (Å²) in [7, 11) is 0. The van der Waals surface area contributed by atoms with Gasteiger partial charge in [-0.25, -0.2) is 4.79 Å². The van der Waals surface area contributed by atoms with Gasteiger partial charge in [-0.05, 0) is 49.1 Å². The molecule has 0 aliphatic heterocycles. The van der Waals surface area contributed by atoms with Crippen LogP contribution < -0.4 is 32.7 Å². The third-order valence-electron chi connectivity index (χ3n) is 6.64. The Bertz CT molecular complexity index is 1210. The second kappa shape index (κ2) is 15.6. The van der Waals surface area contributed by atoms with Crippen molar-refractivity contribution in [1.29, 1.82) is 5.41 Å². The van der Waals surface area contributed by atoms with Gasteiger partial charge in [0.25, 0.3) is 0 Å².